The highest BCUT2D eigenvalue weighted by molar-refractivity contribution is 6.00. The van der Waals surface area contributed by atoms with E-state index in [1.807, 2.05) is 13.8 Å². The quantitative estimate of drug-likeness (QED) is 0.687. The number of benzene rings is 1. The van der Waals surface area contributed by atoms with E-state index in [1.165, 1.54) is 7.11 Å². The Labute approximate surface area is 112 Å². The molecule has 0 saturated carbocycles. The summed E-state index contributed by atoms with van der Waals surface area (Å²) in [5.41, 5.74) is 0.133. The van der Waals surface area contributed by atoms with Crippen LogP contribution in [0.4, 0.5) is 8.78 Å². The first kappa shape index (κ1) is 15.6. The molecule has 0 spiro atoms. The third-order valence-corrected chi connectivity index (χ3v) is 3.15. The minimum Gasteiger partial charge on any atom is -0.496 e. The van der Waals surface area contributed by atoms with E-state index in [4.69, 9.17) is 4.74 Å². The van der Waals surface area contributed by atoms with Crippen molar-refractivity contribution in [3.8, 4) is 5.75 Å². The van der Waals surface area contributed by atoms with E-state index in [2.05, 4.69) is 0 Å². The first-order valence-electron chi connectivity index (χ1n) is 6.62. The molecule has 106 valence electrons. The van der Waals surface area contributed by atoms with E-state index in [-0.39, 0.29) is 23.0 Å². The van der Waals surface area contributed by atoms with Crippen LogP contribution in [0, 0.1) is 17.6 Å². The zero-order chi connectivity index (χ0) is 14.4. The van der Waals surface area contributed by atoms with Crippen LogP contribution in [0.5, 0.6) is 5.75 Å². The molecule has 0 aromatic heterocycles. The van der Waals surface area contributed by atoms with Crippen molar-refractivity contribution in [1.82, 2.24) is 0 Å². The topological polar surface area (TPSA) is 26.3 Å². The van der Waals surface area contributed by atoms with Gasteiger partial charge in [-0.05, 0) is 18.9 Å². The summed E-state index contributed by atoms with van der Waals surface area (Å²) in [6.07, 6.45) is 3.24. The van der Waals surface area contributed by atoms with Gasteiger partial charge in [0, 0.05) is 12.0 Å². The SMILES string of the molecule is CCCC(CCC)C(=O)c1cc(F)c(F)cc1OC. The summed E-state index contributed by atoms with van der Waals surface area (Å²) in [5, 5.41) is 0. The van der Waals surface area contributed by atoms with Crippen LogP contribution in [0.3, 0.4) is 0 Å². The Bertz CT molecular complexity index is 438. The van der Waals surface area contributed by atoms with Crippen molar-refractivity contribution >= 4 is 5.78 Å². The third-order valence-electron chi connectivity index (χ3n) is 3.15. The van der Waals surface area contributed by atoms with Gasteiger partial charge in [-0.25, -0.2) is 8.78 Å². The van der Waals surface area contributed by atoms with Gasteiger partial charge in [-0.2, -0.15) is 0 Å². The number of hydrogen-bond donors (Lipinski definition) is 0. The summed E-state index contributed by atoms with van der Waals surface area (Å²) in [4.78, 5) is 12.4. The van der Waals surface area contributed by atoms with Crippen LogP contribution >= 0.6 is 0 Å². The average Bonchev–Trinajstić information content (AvgIpc) is 2.40. The fourth-order valence-corrected chi connectivity index (χ4v) is 2.21. The highest BCUT2D eigenvalue weighted by Gasteiger charge is 2.23. The Kier molecular flexibility index (Phi) is 5.93. The predicted molar refractivity (Wildman–Crippen MR) is 70.5 cm³/mol. The zero-order valence-corrected chi connectivity index (χ0v) is 11.6. The summed E-state index contributed by atoms with van der Waals surface area (Å²) < 4.78 is 31.4. The molecule has 1 aromatic carbocycles. The molecule has 2 nitrogen and oxygen atoms in total. The number of methoxy groups -OCH3 is 1. The van der Waals surface area contributed by atoms with Gasteiger partial charge in [0.25, 0.3) is 0 Å². The smallest absolute Gasteiger partial charge is 0.169 e. The van der Waals surface area contributed by atoms with Crippen LogP contribution in [-0.2, 0) is 0 Å². The van der Waals surface area contributed by atoms with Gasteiger partial charge in [-0.3, -0.25) is 4.79 Å². The molecule has 0 atom stereocenters. The first-order valence-corrected chi connectivity index (χ1v) is 6.62. The summed E-state index contributed by atoms with van der Waals surface area (Å²) in [6, 6.07) is 1.87. The van der Waals surface area contributed by atoms with Gasteiger partial charge in [0.1, 0.15) is 5.75 Å². The number of carbonyl (C=O) groups is 1. The molecule has 0 unspecified atom stereocenters. The Balaban J connectivity index is 3.12. The minimum absolute atomic E-state index is 0.0982. The largest absolute Gasteiger partial charge is 0.496 e. The van der Waals surface area contributed by atoms with Crippen molar-refractivity contribution in [3.05, 3.63) is 29.3 Å². The maximum Gasteiger partial charge on any atom is 0.169 e. The van der Waals surface area contributed by atoms with E-state index in [0.717, 1.165) is 37.8 Å². The van der Waals surface area contributed by atoms with E-state index >= 15 is 0 Å². The number of halogens is 2. The van der Waals surface area contributed by atoms with Crippen molar-refractivity contribution in [2.45, 2.75) is 39.5 Å². The summed E-state index contributed by atoms with van der Waals surface area (Å²) >= 11 is 0. The van der Waals surface area contributed by atoms with Crippen LogP contribution in [0.1, 0.15) is 49.9 Å². The number of ether oxygens (including phenoxy) is 1. The van der Waals surface area contributed by atoms with Gasteiger partial charge in [0.2, 0.25) is 0 Å². The molecular formula is C15H20F2O2. The molecule has 0 fully saturated rings. The van der Waals surface area contributed by atoms with Crippen LogP contribution in [-0.4, -0.2) is 12.9 Å². The summed E-state index contributed by atoms with van der Waals surface area (Å²) in [7, 11) is 1.35. The molecule has 0 aliphatic heterocycles. The molecule has 0 bridgehead atoms. The van der Waals surface area contributed by atoms with Crippen molar-refractivity contribution in [2.75, 3.05) is 7.11 Å². The first-order chi connectivity index (χ1) is 9.04. The highest BCUT2D eigenvalue weighted by atomic mass is 19.2. The Morgan fingerprint density at radius 2 is 1.68 bits per heavy atom. The second-order valence-corrected chi connectivity index (χ2v) is 4.61. The number of ketones is 1. The Morgan fingerprint density at radius 3 is 2.16 bits per heavy atom. The molecule has 0 heterocycles. The van der Waals surface area contributed by atoms with E-state index < -0.39 is 11.6 Å². The van der Waals surface area contributed by atoms with E-state index in [0.29, 0.717) is 0 Å². The Morgan fingerprint density at radius 1 is 1.16 bits per heavy atom. The molecule has 19 heavy (non-hydrogen) atoms. The molecular weight excluding hydrogens is 250 g/mol. The lowest BCUT2D eigenvalue weighted by Crippen LogP contribution is -2.16. The zero-order valence-electron chi connectivity index (χ0n) is 11.6. The molecule has 0 amide bonds. The minimum atomic E-state index is -1.02. The summed E-state index contributed by atoms with van der Waals surface area (Å²) in [5.74, 6) is -2.25. The van der Waals surface area contributed by atoms with E-state index in [1.54, 1.807) is 0 Å². The lowest BCUT2D eigenvalue weighted by molar-refractivity contribution is 0.0901. The molecule has 0 N–H and O–H groups in total. The number of carbonyl (C=O) groups excluding carboxylic acids is 1. The molecule has 0 aliphatic rings. The van der Waals surface area contributed by atoms with Crippen molar-refractivity contribution in [1.29, 1.82) is 0 Å². The van der Waals surface area contributed by atoms with Gasteiger partial charge in [-0.1, -0.05) is 26.7 Å². The fraction of sp³-hybridized carbons (Fsp3) is 0.533. The van der Waals surface area contributed by atoms with E-state index in [9.17, 15) is 13.6 Å². The van der Waals surface area contributed by atoms with Gasteiger partial charge in [0.05, 0.1) is 12.7 Å². The number of rotatable bonds is 7. The van der Waals surface area contributed by atoms with Gasteiger partial charge in [0.15, 0.2) is 17.4 Å². The number of hydrogen-bond acceptors (Lipinski definition) is 2. The predicted octanol–water partition coefficient (Wildman–Crippen LogP) is 4.37. The third kappa shape index (κ3) is 3.75. The highest BCUT2D eigenvalue weighted by Crippen LogP contribution is 2.28. The summed E-state index contributed by atoms with van der Waals surface area (Å²) in [6.45, 7) is 4.00. The van der Waals surface area contributed by atoms with Crippen molar-refractivity contribution < 1.29 is 18.3 Å². The molecule has 1 aromatic rings. The normalized spacial score (nSPS) is 10.8. The monoisotopic (exact) mass is 270 g/mol. The molecule has 0 aliphatic carbocycles. The van der Waals surface area contributed by atoms with Gasteiger partial charge >= 0.3 is 0 Å². The lowest BCUT2D eigenvalue weighted by atomic mass is 9.89. The van der Waals surface area contributed by atoms with Gasteiger partial charge in [-0.15, -0.1) is 0 Å². The van der Waals surface area contributed by atoms with Crippen molar-refractivity contribution in [2.24, 2.45) is 5.92 Å². The molecule has 0 saturated heterocycles. The molecule has 1 rings (SSSR count). The second-order valence-electron chi connectivity index (χ2n) is 4.61. The Hall–Kier alpha value is -1.45. The van der Waals surface area contributed by atoms with Crippen LogP contribution in [0.15, 0.2) is 12.1 Å². The standard InChI is InChI=1S/C15H20F2O2/c1-4-6-10(7-5-2)15(18)11-8-12(16)13(17)9-14(11)19-3/h8-10H,4-7H2,1-3H3. The lowest BCUT2D eigenvalue weighted by Gasteiger charge is -2.16. The van der Waals surface area contributed by atoms with Crippen LogP contribution in [0.25, 0.3) is 0 Å². The molecule has 4 heteroatoms. The average molecular weight is 270 g/mol. The van der Waals surface area contributed by atoms with Crippen LogP contribution < -0.4 is 4.74 Å². The number of Topliss-reactive ketones (excluding diaryl/α,β-unsaturated/α-hetero) is 1. The fourth-order valence-electron chi connectivity index (χ4n) is 2.21. The maximum atomic E-state index is 13.3. The van der Waals surface area contributed by atoms with Gasteiger partial charge < -0.3 is 4.74 Å². The second kappa shape index (κ2) is 7.22. The van der Waals surface area contributed by atoms with Crippen molar-refractivity contribution in [3.63, 3.8) is 0 Å². The molecule has 0 radical (unpaired) electrons. The van der Waals surface area contributed by atoms with Crippen LogP contribution in [0.2, 0.25) is 0 Å². The maximum absolute atomic E-state index is 13.3.